The fourth-order valence-electron chi connectivity index (χ4n) is 2.65. The molecule has 3 rings (SSSR count). The molecule has 2 heterocycles. The van der Waals surface area contributed by atoms with Gasteiger partial charge < -0.3 is 24.5 Å². The van der Waals surface area contributed by atoms with Gasteiger partial charge in [0.1, 0.15) is 11.9 Å². The minimum Gasteiger partial charge on any atom is -0.490 e. The molecule has 1 amide bonds. The molecular formula is C17H22N2O4. The number of carbonyl (C=O) groups excluding carboxylic acids is 1. The van der Waals surface area contributed by atoms with Gasteiger partial charge in [-0.3, -0.25) is 4.79 Å². The van der Waals surface area contributed by atoms with Crippen LogP contribution in [-0.2, 0) is 9.53 Å². The van der Waals surface area contributed by atoms with Gasteiger partial charge in [-0.15, -0.1) is 0 Å². The second-order valence-corrected chi connectivity index (χ2v) is 5.55. The highest BCUT2D eigenvalue weighted by atomic mass is 16.5. The summed E-state index contributed by atoms with van der Waals surface area (Å²) in [6.07, 6.45) is -0.449. The van der Waals surface area contributed by atoms with E-state index in [9.17, 15) is 4.79 Å². The summed E-state index contributed by atoms with van der Waals surface area (Å²) < 4.78 is 16.9. The maximum Gasteiger partial charge on any atom is 0.251 e. The number of rotatable bonds is 5. The molecular weight excluding hydrogens is 296 g/mol. The number of amides is 1. The van der Waals surface area contributed by atoms with Crippen LogP contribution in [0, 0.1) is 0 Å². The van der Waals surface area contributed by atoms with E-state index in [0.717, 1.165) is 17.7 Å². The van der Waals surface area contributed by atoms with Crippen LogP contribution in [0.5, 0.6) is 5.75 Å². The number of benzene rings is 1. The minimum absolute atomic E-state index is 0.129. The first-order chi connectivity index (χ1) is 11.2. The van der Waals surface area contributed by atoms with Crippen molar-refractivity contribution in [2.45, 2.75) is 26.0 Å². The Balaban J connectivity index is 1.74. The molecule has 6 nitrogen and oxygen atoms in total. The van der Waals surface area contributed by atoms with Crippen molar-refractivity contribution in [1.82, 2.24) is 10.6 Å². The number of carbonyl (C=O) groups is 1. The summed E-state index contributed by atoms with van der Waals surface area (Å²) in [4.78, 5) is 12.2. The molecule has 1 aliphatic heterocycles. The molecule has 1 saturated heterocycles. The Labute approximate surface area is 135 Å². The number of para-hydroxylation sites is 1. The Kier molecular flexibility index (Phi) is 4.83. The predicted molar refractivity (Wildman–Crippen MR) is 86.6 cm³/mol. The number of fused-ring (bicyclic) bond motifs is 1. The average molecular weight is 318 g/mol. The van der Waals surface area contributed by atoms with Gasteiger partial charge in [0.05, 0.1) is 19.3 Å². The van der Waals surface area contributed by atoms with E-state index in [0.29, 0.717) is 31.1 Å². The normalized spacial score (nSPS) is 19.5. The molecule has 1 aromatic heterocycles. The zero-order valence-corrected chi connectivity index (χ0v) is 13.4. The van der Waals surface area contributed by atoms with Crippen LogP contribution in [0.15, 0.2) is 28.7 Å². The fraction of sp³-hybridized carbons (Fsp3) is 0.471. The van der Waals surface area contributed by atoms with Gasteiger partial charge >= 0.3 is 0 Å². The third kappa shape index (κ3) is 3.48. The first-order valence-electron chi connectivity index (χ1n) is 7.97. The van der Waals surface area contributed by atoms with Gasteiger partial charge in [-0.05, 0) is 26.0 Å². The zero-order chi connectivity index (χ0) is 16.2. The molecule has 0 spiro atoms. The van der Waals surface area contributed by atoms with E-state index >= 15 is 0 Å². The lowest BCUT2D eigenvalue weighted by atomic mass is 10.2. The molecule has 2 N–H and O–H groups in total. The molecule has 2 aromatic rings. The maximum atomic E-state index is 12.2. The van der Waals surface area contributed by atoms with Crippen molar-refractivity contribution in [3.63, 3.8) is 0 Å². The van der Waals surface area contributed by atoms with Gasteiger partial charge in [0.15, 0.2) is 11.3 Å². The van der Waals surface area contributed by atoms with Crippen molar-refractivity contribution < 1.29 is 18.7 Å². The summed E-state index contributed by atoms with van der Waals surface area (Å²) in [6.45, 7) is 6.27. The zero-order valence-electron chi connectivity index (χ0n) is 13.4. The van der Waals surface area contributed by atoms with E-state index in [1.54, 1.807) is 0 Å². The van der Waals surface area contributed by atoms with Gasteiger partial charge in [-0.2, -0.15) is 0 Å². The SMILES string of the molecule is CCOc1cccc2cc(C(C)NC(=O)C3CNCCO3)oc12. The van der Waals surface area contributed by atoms with Crippen LogP contribution in [0.2, 0.25) is 0 Å². The number of morpholine rings is 1. The van der Waals surface area contributed by atoms with Crippen LogP contribution < -0.4 is 15.4 Å². The molecule has 2 unspecified atom stereocenters. The molecule has 0 saturated carbocycles. The van der Waals surface area contributed by atoms with Crippen molar-refractivity contribution in [3.8, 4) is 5.75 Å². The molecule has 124 valence electrons. The molecule has 1 fully saturated rings. The van der Waals surface area contributed by atoms with E-state index in [4.69, 9.17) is 13.9 Å². The minimum atomic E-state index is -0.449. The quantitative estimate of drug-likeness (QED) is 0.882. The monoisotopic (exact) mass is 318 g/mol. The molecule has 2 atom stereocenters. The van der Waals surface area contributed by atoms with Crippen LogP contribution in [0.1, 0.15) is 25.6 Å². The maximum absolute atomic E-state index is 12.2. The Bertz CT molecular complexity index is 676. The highest BCUT2D eigenvalue weighted by Crippen LogP contribution is 2.31. The molecule has 0 bridgehead atoms. The second-order valence-electron chi connectivity index (χ2n) is 5.55. The van der Waals surface area contributed by atoms with Gasteiger partial charge in [0.25, 0.3) is 5.91 Å². The molecule has 1 aromatic carbocycles. The lowest BCUT2D eigenvalue weighted by Crippen LogP contribution is -2.48. The van der Waals surface area contributed by atoms with Crippen LogP contribution in [0.4, 0.5) is 0 Å². The fourth-order valence-corrected chi connectivity index (χ4v) is 2.65. The summed E-state index contributed by atoms with van der Waals surface area (Å²) in [5.41, 5.74) is 0.709. The lowest BCUT2D eigenvalue weighted by Gasteiger charge is -2.24. The third-order valence-electron chi connectivity index (χ3n) is 3.83. The summed E-state index contributed by atoms with van der Waals surface area (Å²) in [7, 11) is 0. The van der Waals surface area contributed by atoms with Gasteiger partial charge in [0, 0.05) is 18.5 Å². The number of hydrogen-bond donors (Lipinski definition) is 2. The van der Waals surface area contributed by atoms with E-state index in [1.807, 2.05) is 38.1 Å². The van der Waals surface area contributed by atoms with Gasteiger partial charge in [0.2, 0.25) is 0 Å². The van der Waals surface area contributed by atoms with Crippen molar-refractivity contribution >= 4 is 16.9 Å². The highest BCUT2D eigenvalue weighted by molar-refractivity contribution is 5.84. The standard InChI is InChI=1S/C17H22N2O4/c1-3-21-13-6-4-5-12-9-14(23-16(12)13)11(2)19-17(20)15-10-18-7-8-22-15/h4-6,9,11,15,18H,3,7-8,10H2,1-2H3,(H,19,20). The Morgan fingerprint density at radius 3 is 3.13 bits per heavy atom. The topological polar surface area (TPSA) is 72.7 Å². The largest absolute Gasteiger partial charge is 0.490 e. The Morgan fingerprint density at radius 2 is 2.39 bits per heavy atom. The molecule has 23 heavy (non-hydrogen) atoms. The second kappa shape index (κ2) is 7.02. The number of hydrogen-bond acceptors (Lipinski definition) is 5. The van der Waals surface area contributed by atoms with Gasteiger partial charge in [-0.1, -0.05) is 12.1 Å². The van der Waals surface area contributed by atoms with E-state index in [2.05, 4.69) is 10.6 Å². The Hall–Kier alpha value is -2.05. The number of nitrogens with one attached hydrogen (secondary N) is 2. The molecule has 0 aliphatic carbocycles. The first-order valence-corrected chi connectivity index (χ1v) is 7.97. The molecule has 1 aliphatic rings. The summed E-state index contributed by atoms with van der Waals surface area (Å²) in [5.74, 6) is 1.29. The predicted octanol–water partition coefficient (Wildman–Crippen LogP) is 2.00. The van der Waals surface area contributed by atoms with Crippen LogP contribution >= 0.6 is 0 Å². The average Bonchev–Trinajstić information content (AvgIpc) is 3.01. The summed E-state index contributed by atoms with van der Waals surface area (Å²) in [5, 5.41) is 7.05. The van der Waals surface area contributed by atoms with Crippen LogP contribution in [-0.4, -0.2) is 38.3 Å². The van der Waals surface area contributed by atoms with Crippen molar-refractivity contribution in [3.05, 3.63) is 30.0 Å². The van der Waals surface area contributed by atoms with Crippen LogP contribution in [0.25, 0.3) is 11.0 Å². The van der Waals surface area contributed by atoms with Crippen molar-refractivity contribution in [2.75, 3.05) is 26.3 Å². The summed E-state index contributed by atoms with van der Waals surface area (Å²) >= 11 is 0. The number of ether oxygens (including phenoxy) is 2. The third-order valence-corrected chi connectivity index (χ3v) is 3.83. The first kappa shape index (κ1) is 15.8. The lowest BCUT2D eigenvalue weighted by molar-refractivity contribution is -0.135. The smallest absolute Gasteiger partial charge is 0.251 e. The van der Waals surface area contributed by atoms with E-state index < -0.39 is 6.10 Å². The molecule has 0 radical (unpaired) electrons. The van der Waals surface area contributed by atoms with Crippen LogP contribution in [0.3, 0.4) is 0 Å². The number of furan rings is 1. The summed E-state index contributed by atoms with van der Waals surface area (Å²) in [6, 6.07) is 7.47. The van der Waals surface area contributed by atoms with Crippen molar-refractivity contribution in [2.24, 2.45) is 0 Å². The molecule has 6 heteroatoms. The van der Waals surface area contributed by atoms with Gasteiger partial charge in [-0.25, -0.2) is 0 Å². The highest BCUT2D eigenvalue weighted by Gasteiger charge is 2.24. The van der Waals surface area contributed by atoms with E-state index in [1.165, 1.54) is 0 Å². The Morgan fingerprint density at radius 1 is 1.52 bits per heavy atom. The van der Waals surface area contributed by atoms with Crippen molar-refractivity contribution in [1.29, 1.82) is 0 Å². The van der Waals surface area contributed by atoms with E-state index in [-0.39, 0.29) is 11.9 Å².